The van der Waals surface area contributed by atoms with Gasteiger partial charge in [0.05, 0.1) is 5.71 Å². The summed E-state index contributed by atoms with van der Waals surface area (Å²) in [5, 5.41) is 4.25. The minimum absolute atomic E-state index is 0.587. The van der Waals surface area contributed by atoms with Crippen molar-refractivity contribution in [2.24, 2.45) is 11.1 Å². The third kappa shape index (κ3) is 3.32. The first kappa shape index (κ1) is 12.2. The van der Waals surface area contributed by atoms with E-state index in [4.69, 9.17) is 4.84 Å². The average Bonchev–Trinajstić information content (AvgIpc) is 2.77. The van der Waals surface area contributed by atoms with Gasteiger partial charge in [0.2, 0.25) is 0 Å². The summed E-state index contributed by atoms with van der Waals surface area (Å²) < 4.78 is 0. The van der Waals surface area contributed by atoms with Gasteiger partial charge in [-0.1, -0.05) is 35.0 Å². The van der Waals surface area contributed by atoms with Gasteiger partial charge in [0, 0.05) is 5.92 Å². The van der Waals surface area contributed by atoms with E-state index in [1.54, 1.807) is 0 Å². The number of rotatable bonds is 4. The molecule has 1 aliphatic carbocycles. The summed E-state index contributed by atoms with van der Waals surface area (Å²) in [7, 11) is 0. The fourth-order valence-corrected chi connectivity index (χ4v) is 2.40. The summed E-state index contributed by atoms with van der Waals surface area (Å²) in [4.78, 5) is 5.19. The molecule has 17 heavy (non-hydrogen) atoms. The lowest BCUT2D eigenvalue weighted by atomic mass is 9.96. The van der Waals surface area contributed by atoms with E-state index in [1.807, 2.05) is 6.92 Å². The second-order valence-corrected chi connectivity index (χ2v) is 4.78. The molecule has 1 unspecified atom stereocenters. The largest absolute Gasteiger partial charge is 0.396 e. The molecule has 1 atom stereocenters. The van der Waals surface area contributed by atoms with Gasteiger partial charge in [0.25, 0.3) is 0 Å². The third-order valence-electron chi connectivity index (χ3n) is 3.37. The summed E-state index contributed by atoms with van der Waals surface area (Å²) in [6.45, 7) is 4.77. The van der Waals surface area contributed by atoms with Crippen LogP contribution in [0.4, 0.5) is 0 Å². The van der Waals surface area contributed by atoms with Gasteiger partial charge in [-0.15, -0.1) is 0 Å². The summed E-state index contributed by atoms with van der Waals surface area (Å²) >= 11 is 0. The van der Waals surface area contributed by atoms with E-state index in [0.717, 1.165) is 12.8 Å². The highest BCUT2D eigenvalue weighted by Crippen LogP contribution is 2.26. The predicted molar refractivity (Wildman–Crippen MR) is 71.3 cm³/mol. The fraction of sp³-hybridized carbons (Fsp3) is 0.533. The van der Waals surface area contributed by atoms with Crippen LogP contribution in [0.1, 0.15) is 37.3 Å². The van der Waals surface area contributed by atoms with Crippen molar-refractivity contribution >= 4 is 5.71 Å². The smallest absolute Gasteiger partial charge is 0.114 e. The highest BCUT2D eigenvalue weighted by atomic mass is 16.6. The van der Waals surface area contributed by atoms with Crippen LogP contribution in [0, 0.1) is 12.8 Å². The number of hydrogen-bond acceptors (Lipinski definition) is 2. The molecule has 2 heteroatoms. The maximum Gasteiger partial charge on any atom is 0.114 e. The first-order chi connectivity index (χ1) is 8.29. The molecule has 0 aromatic heterocycles. The Morgan fingerprint density at radius 1 is 1.29 bits per heavy atom. The zero-order valence-corrected chi connectivity index (χ0v) is 10.8. The van der Waals surface area contributed by atoms with E-state index in [0.29, 0.717) is 12.5 Å². The Morgan fingerprint density at radius 3 is 2.76 bits per heavy atom. The molecule has 2 rings (SSSR count). The molecule has 0 heterocycles. The highest BCUT2D eigenvalue weighted by molar-refractivity contribution is 5.88. The van der Waals surface area contributed by atoms with Crippen molar-refractivity contribution in [2.75, 3.05) is 6.61 Å². The Bertz CT molecular complexity index is 380. The summed E-state index contributed by atoms with van der Waals surface area (Å²) in [5.41, 5.74) is 3.99. The van der Waals surface area contributed by atoms with E-state index >= 15 is 0 Å². The van der Waals surface area contributed by atoms with E-state index in [-0.39, 0.29) is 0 Å². The molecule has 0 amide bonds. The molecule has 0 radical (unpaired) electrons. The molecule has 1 fully saturated rings. The summed E-state index contributed by atoms with van der Waals surface area (Å²) in [6.07, 6.45) is 4.71. The van der Waals surface area contributed by atoms with Gasteiger partial charge in [0.1, 0.15) is 6.61 Å². The molecule has 1 saturated carbocycles. The molecule has 1 aliphatic rings. The van der Waals surface area contributed by atoms with Crippen LogP contribution in [0.15, 0.2) is 29.4 Å². The fourth-order valence-electron chi connectivity index (χ4n) is 2.40. The van der Waals surface area contributed by atoms with Crippen LogP contribution in [-0.2, 0) is 11.3 Å². The van der Waals surface area contributed by atoms with E-state index in [1.165, 1.54) is 29.7 Å². The lowest BCUT2D eigenvalue weighted by molar-refractivity contribution is 0.157. The van der Waals surface area contributed by atoms with Gasteiger partial charge >= 0.3 is 0 Å². The minimum Gasteiger partial charge on any atom is -0.396 e. The number of oxime groups is 1. The first-order valence-electron chi connectivity index (χ1n) is 6.54. The third-order valence-corrected chi connectivity index (χ3v) is 3.37. The normalized spacial score (nSPS) is 22.0. The van der Waals surface area contributed by atoms with Crippen molar-refractivity contribution in [3.8, 4) is 0 Å². The molecule has 1 aromatic carbocycles. The molecule has 0 aliphatic heterocycles. The van der Waals surface area contributed by atoms with Crippen LogP contribution in [0.5, 0.6) is 0 Å². The van der Waals surface area contributed by atoms with Crippen LogP contribution in [0.25, 0.3) is 0 Å². The predicted octanol–water partition coefficient (Wildman–Crippen LogP) is 3.73. The van der Waals surface area contributed by atoms with E-state index in [2.05, 4.69) is 36.3 Å². The molecular formula is C15H21NO. The van der Waals surface area contributed by atoms with Crippen molar-refractivity contribution in [3.63, 3.8) is 0 Å². The van der Waals surface area contributed by atoms with E-state index in [9.17, 15) is 0 Å². The Labute approximate surface area is 104 Å². The second-order valence-electron chi connectivity index (χ2n) is 4.78. The van der Waals surface area contributed by atoms with Crippen molar-refractivity contribution < 1.29 is 4.84 Å². The number of nitrogens with zero attached hydrogens (tertiary/aromatic N) is 1. The van der Waals surface area contributed by atoms with Crippen LogP contribution in [0.2, 0.25) is 0 Å². The lowest BCUT2D eigenvalue weighted by Crippen LogP contribution is -2.10. The topological polar surface area (TPSA) is 21.6 Å². The van der Waals surface area contributed by atoms with Gasteiger partial charge in [-0.2, -0.15) is 0 Å². The number of benzene rings is 1. The Hall–Kier alpha value is -1.31. The molecule has 0 N–H and O–H groups in total. The van der Waals surface area contributed by atoms with Crippen molar-refractivity contribution in [3.05, 3.63) is 35.4 Å². The standard InChI is InChI=1S/C15H21NO/c1-3-17-16-15-6-4-5-14(15)11-13-9-7-12(2)8-10-13/h7-10,14H,3-6,11H2,1-2H3. The van der Waals surface area contributed by atoms with Crippen molar-refractivity contribution in [2.45, 2.75) is 39.5 Å². The molecular weight excluding hydrogens is 210 g/mol. The van der Waals surface area contributed by atoms with Crippen molar-refractivity contribution in [1.82, 2.24) is 0 Å². The molecule has 2 nitrogen and oxygen atoms in total. The van der Waals surface area contributed by atoms with Gasteiger partial charge in [0.15, 0.2) is 0 Å². The van der Waals surface area contributed by atoms with Gasteiger partial charge in [-0.05, 0) is 45.1 Å². The lowest BCUT2D eigenvalue weighted by Gasteiger charge is -2.11. The highest BCUT2D eigenvalue weighted by Gasteiger charge is 2.23. The average molecular weight is 231 g/mol. The molecule has 1 aromatic rings. The Kier molecular flexibility index (Phi) is 4.18. The minimum atomic E-state index is 0.587. The quantitative estimate of drug-likeness (QED) is 0.723. The maximum absolute atomic E-state index is 5.19. The second kappa shape index (κ2) is 5.85. The molecule has 92 valence electrons. The van der Waals surface area contributed by atoms with Gasteiger partial charge in [-0.3, -0.25) is 0 Å². The van der Waals surface area contributed by atoms with Crippen LogP contribution < -0.4 is 0 Å². The molecule has 0 saturated heterocycles. The maximum atomic E-state index is 5.19. The number of hydrogen-bond donors (Lipinski definition) is 0. The zero-order chi connectivity index (χ0) is 12.1. The monoisotopic (exact) mass is 231 g/mol. The van der Waals surface area contributed by atoms with Gasteiger partial charge < -0.3 is 4.84 Å². The summed E-state index contributed by atoms with van der Waals surface area (Å²) in [5.74, 6) is 0.587. The SMILES string of the molecule is CCON=C1CCCC1Cc1ccc(C)cc1. The molecule has 0 spiro atoms. The van der Waals surface area contributed by atoms with Gasteiger partial charge in [-0.25, -0.2) is 0 Å². The van der Waals surface area contributed by atoms with Crippen LogP contribution in [0.3, 0.4) is 0 Å². The number of aryl methyl sites for hydroxylation is 1. The molecule has 0 bridgehead atoms. The first-order valence-corrected chi connectivity index (χ1v) is 6.54. The summed E-state index contributed by atoms with van der Waals surface area (Å²) in [6, 6.07) is 8.82. The Morgan fingerprint density at radius 2 is 2.06 bits per heavy atom. The van der Waals surface area contributed by atoms with Crippen molar-refractivity contribution in [1.29, 1.82) is 0 Å². The zero-order valence-electron chi connectivity index (χ0n) is 10.8. The van der Waals surface area contributed by atoms with Crippen LogP contribution in [-0.4, -0.2) is 12.3 Å². The van der Waals surface area contributed by atoms with E-state index < -0.39 is 0 Å². The Balaban J connectivity index is 2.00. The van der Waals surface area contributed by atoms with Crippen LogP contribution >= 0.6 is 0 Å².